The Morgan fingerprint density at radius 3 is 1.98 bits per heavy atom. The Balaban J connectivity index is 1.34. The maximum atomic E-state index is 13.0. The molecular weight excluding hydrogens is 644 g/mol. The number of hydrogen-bond donors (Lipinski definition) is 8. The molecule has 0 aliphatic carbocycles. The Morgan fingerprint density at radius 2 is 1.42 bits per heavy atom. The van der Waals surface area contributed by atoms with Crippen molar-refractivity contribution in [3.63, 3.8) is 0 Å². The second-order valence-corrected chi connectivity index (χ2v) is 11.3. The summed E-state index contributed by atoms with van der Waals surface area (Å²) in [6.45, 7) is 0.297. The third kappa shape index (κ3) is 8.50. The van der Waals surface area contributed by atoms with Crippen molar-refractivity contribution in [2.24, 2.45) is 5.92 Å². The highest BCUT2D eigenvalue weighted by atomic mass is 16.8. The number of carbonyl (C=O) groups is 2. The molecule has 2 fully saturated rings. The summed E-state index contributed by atoms with van der Waals surface area (Å²) in [6.07, 6.45) is -13.7. The molecule has 0 aromatic heterocycles. The van der Waals surface area contributed by atoms with E-state index < -0.39 is 98.8 Å². The first-order chi connectivity index (χ1) is 22.9. The fourth-order valence-electron chi connectivity index (χ4n) is 5.47. The van der Waals surface area contributed by atoms with Crippen LogP contribution in [0.4, 0.5) is 0 Å². The lowest BCUT2D eigenvalue weighted by atomic mass is 9.86. The van der Waals surface area contributed by atoms with E-state index in [-0.39, 0.29) is 29.9 Å². The SMILES string of the molecule is C/C=C1/[C@H](O[C@@H]2O[C@H](CO)[C@@H](O)[C@H](O)[C@H]2O)OC=C(C(=O)OC)[C@@H]1CC(=O)OCCc1ccc(O[C@@H]2O[C@H](CO)[C@@H](O)[C@H](O)[C@H]2O)cc1. The minimum Gasteiger partial charge on any atom is -0.468 e. The second-order valence-electron chi connectivity index (χ2n) is 11.3. The van der Waals surface area contributed by atoms with E-state index in [4.69, 9.17) is 33.2 Å². The van der Waals surface area contributed by atoms with Gasteiger partial charge in [0.25, 0.3) is 0 Å². The summed E-state index contributed by atoms with van der Waals surface area (Å²) < 4.78 is 37.9. The maximum Gasteiger partial charge on any atom is 0.337 e. The van der Waals surface area contributed by atoms with E-state index >= 15 is 0 Å². The number of carbonyl (C=O) groups excluding carboxylic acids is 2. The lowest BCUT2D eigenvalue weighted by molar-refractivity contribution is -0.327. The van der Waals surface area contributed by atoms with E-state index in [0.717, 1.165) is 18.9 Å². The van der Waals surface area contributed by atoms with Gasteiger partial charge in [-0.3, -0.25) is 4.79 Å². The van der Waals surface area contributed by atoms with Crippen LogP contribution < -0.4 is 4.74 Å². The van der Waals surface area contributed by atoms with Gasteiger partial charge in [0.2, 0.25) is 12.6 Å². The number of benzene rings is 1. The van der Waals surface area contributed by atoms with Crippen LogP contribution >= 0.6 is 0 Å². The van der Waals surface area contributed by atoms with Crippen LogP contribution in [0.3, 0.4) is 0 Å². The zero-order chi connectivity index (χ0) is 35.1. The Morgan fingerprint density at radius 1 is 0.833 bits per heavy atom. The molecule has 17 heteroatoms. The standard InChI is InChI=1S/C31H42O17/c1-3-16-17(18(28(41)42-2)13-44-29(16)48-31-27(40)25(38)23(36)20(12-33)47-31)10-21(34)43-9-8-14-4-6-15(7-5-14)45-30-26(39)24(37)22(35)19(11-32)46-30/h3-7,13,17,19-20,22-27,29-33,35-40H,8-12H2,1-2H3/b16-3+/t17-,19-,20-,22-,23-,24+,25+,26-,27-,29+,30-,31+/m1/s1. The van der Waals surface area contributed by atoms with Gasteiger partial charge in [-0.25, -0.2) is 4.79 Å². The van der Waals surface area contributed by atoms with Crippen LogP contribution in [0.1, 0.15) is 18.9 Å². The molecule has 8 N–H and O–H groups in total. The van der Waals surface area contributed by atoms with Gasteiger partial charge < -0.3 is 74.0 Å². The monoisotopic (exact) mass is 686 g/mol. The summed E-state index contributed by atoms with van der Waals surface area (Å²) in [5, 5.41) is 79.4. The molecule has 0 saturated carbocycles. The molecule has 0 amide bonds. The van der Waals surface area contributed by atoms with Gasteiger partial charge in [0, 0.05) is 17.9 Å². The molecule has 0 radical (unpaired) electrons. The van der Waals surface area contributed by atoms with Crippen molar-refractivity contribution in [2.75, 3.05) is 26.9 Å². The van der Waals surface area contributed by atoms with Crippen molar-refractivity contribution < 1.29 is 83.6 Å². The summed E-state index contributed by atoms with van der Waals surface area (Å²) in [5.41, 5.74) is 1.01. The maximum absolute atomic E-state index is 13.0. The molecule has 48 heavy (non-hydrogen) atoms. The van der Waals surface area contributed by atoms with Crippen LogP contribution in [-0.2, 0) is 44.4 Å². The number of aliphatic hydroxyl groups excluding tert-OH is 8. The molecule has 3 heterocycles. The molecule has 3 aliphatic heterocycles. The highest BCUT2D eigenvalue weighted by Crippen LogP contribution is 2.36. The van der Waals surface area contributed by atoms with Crippen LogP contribution in [0.15, 0.2) is 47.7 Å². The van der Waals surface area contributed by atoms with Gasteiger partial charge in [-0.1, -0.05) is 18.2 Å². The molecule has 0 spiro atoms. The zero-order valence-electron chi connectivity index (χ0n) is 26.2. The summed E-state index contributed by atoms with van der Waals surface area (Å²) in [5.74, 6) is -2.12. The van der Waals surface area contributed by atoms with Crippen LogP contribution in [0.2, 0.25) is 0 Å². The van der Waals surface area contributed by atoms with Gasteiger partial charge in [-0.15, -0.1) is 0 Å². The molecule has 12 atom stereocenters. The fraction of sp³-hybridized carbons (Fsp3) is 0.613. The third-order valence-electron chi connectivity index (χ3n) is 8.28. The smallest absolute Gasteiger partial charge is 0.337 e. The molecule has 2 saturated heterocycles. The van der Waals surface area contributed by atoms with Gasteiger partial charge >= 0.3 is 11.9 Å². The fourth-order valence-corrected chi connectivity index (χ4v) is 5.47. The van der Waals surface area contributed by atoms with Gasteiger partial charge in [-0.05, 0) is 24.6 Å². The van der Waals surface area contributed by atoms with E-state index in [9.17, 15) is 50.4 Å². The average molecular weight is 687 g/mol. The summed E-state index contributed by atoms with van der Waals surface area (Å²) in [7, 11) is 1.16. The van der Waals surface area contributed by atoms with Crippen molar-refractivity contribution in [2.45, 2.75) is 87.5 Å². The molecular formula is C31H42O17. The van der Waals surface area contributed by atoms with E-state index in [1.165, 1.54) is 6.08 Å². The number of ether oxygens (including phenoxy) is 7. The Labute approximate surface area is 275 Å². The predicted molar refractivity (Wildman–Crippen MR) is 157 cm³/mol. The number of hydrogen-bond acceptors (Lipinski definition) is 17. The Hall–Kier alpha value is -3.20. The lowest BCUT2D eigenvalue weighted by Crippen LogP contribution is -2.60. The van der Waals surface area contributed by atoms with E-state index in [1.807, 2.05) is 0 Å². The molecule has 268 valence electrons. The van der Waals surface area contributed by atoms with Crippen molar-refractivity contribution in [1.82, 2.24) is 0 Å². The Bertz CT molecular complexity index is 1280. The predicted octanol–water partition coefficient (Wildman–Crippen LogP) is -2.87. The first-order valence-corrected chi connectivity index (χ1v) is 15.2. The molecule has 3 aliphatic rings. The number of aliphatic hydroxyl groups is 8. The van der Waals surface area contributed by atoms with Crippen LogP contribution in [-0.4, -0.2) is 147 Å². The van der Waals surface area contributed by atoms with Gasteiger partial charge in [0.05, 0.1) is 45.2 Å². The molecule has 4 rings (SSSR count). The normalized spacial score (nSPS) is 36.1. The minimum atomic E-state index is -1.72. The van der Waals surface area contributed by atoms with E-state index in [1.54, 1.807) is 31.2 Å². The van der Waals surface area contributed by atoms with Crippen LogP contribution in [0.5, 0.6) is 5.75 Å². The Kier molecular flexibility index (Phi) is 13.3. The first kappa shape index (κ1) is 37.6. The molecule has 1 aromatic rings. The number of methoxy groups -OCH3 is 1. The lowest BCUT2D eigenvalue weighted by Gasteiger charge is -2.41. The summed E-state index contributed by atoms with van der Waals surface area (Å²) in [6, 6.07) is 6.45. The second kappa shape index (κ2) is 17.0. The third-order valence-corrected chi connectivity index (χ3v) is 8.28. The van der Waals surface area contributed by atoms with Gasteiger partial charge in [0.1, 0.15) is 54.6 Å². The van der Waals surface area contributed by atoms with Gasteiger partial charge in [0.15, 0.2) is 6.29 Å². The summed E-state index contributed by atoms with van der Waals surface area (Å²) in [4.78, 5) is 25.5. The molecule has 17 nitrogen and oxygen atoms in total. The highest BCUT2D eigenvalue weighted by Gasteiger charge is 2.47. The average Bonchev–Trinajstić information content (AvgIpc) is 3.09. The van der Waals surface area contributed by atoms with Crippen molar-refractivity contribution >= 4 is 11.9 Å². The van der Waals surface area contributed by atoms with E-state index in [0.29, 0.717) is 6.42 Å². The number of allylic oxidation sites excluding steroid dienone is 1. The number of esters is 2. The van der Waals surface area contributed by atoms with Crippen molar-refractivity contribution in [3.8, 4) is 5.75 Å². The van der Waals surface area contributed by atoms with Crippen molar-refractivity contribution in [3.05, 3.63) is 53.3 Å². The van der Waals surface area contributed by atoms with E-state index in [2.05, 4.69) is 0 Å². The topological polar surface area (TPSA) is 261 Å². The quantitative estimate of drug-likeness (QED) is 0.0812. The highest BCUT2D eigenvalue weighted by molar-refractivity contribution is 5.90. The summed E-state index contributed by atoms with van der Waals surface area (Å²) >= 11 is 0. The zero-order valence-corrected chi connectivity index (χ0v) is 26.2. The van der Waals surface area contributed by atoms with Crippen LogP contribution in [0, 0.1) is 5.92 Å². The number of rotatable bonds is 12. The molecule has 0 unspecified atom stereocenters. The van der Waals surface area contributed by atoms with Crippen molar-refractivity contribution in [1.29, 1.82) is 0 Å². The molecule has 0 bridgehead atoms. The first-order valence-electron chi connectivity index (χ1n) is 15.2. The largest absolute Gasteiger partial charge is 0.468 e. The minimum absolute atomic E-state index is 0.00815. The van der Waals surface area contributed by atoms with Gasteiger partial charge in [-0.2, -0.15) is 0 Å². The van der Waals surface area contributed by atoms with Crippen LogP contribution in [0.25, 0.3) is 0 Å². The molecule has 1 aromatic carbocycles.